The molecule has 0 aliphatic heterocycles. The Morgan fingerprint density at radius 1 is 1.57 bits per heavy atom. The Morgan fingerprint density at radius 3 is 2.43 bits per heavy atom. The molecule has 0 aliphatic rings. The van der Waals surface area contributed by atoms with Gasteiger partial charge >= 0.3 is 5.97 Å². The van der Waals surface area contributed by atoms with Crippen molar-refractivity contribution in [1.29, 1.82) is 0 Å². The van der Waals surface area contributed by atoms with Crippen LogP contribution in [0.15, 0.2) is 4.99 Å². The van der Waals surface area contributed by atoms with Crippen molar-refractivity contribution in [2.75, 3.05) is 6.54 Å². The summed E-state index contributed by atoms with van der Waals surface area (Å²) in [5.74, 6) is -1.20. The lowest BCUT2D eigenvalue weighted by Crippen LogP contribution is -2.50. The van der Waals surface area contributed by atoms with Crippen LogP contribution >= 0.6 is 0 Å². The Balaban J connectivity index is 4.15. The quantitative estimate of drug-likeness (QED) is 0.339. The van der Waals surface area contributed by atoms with Crippen molar-refractivity contribution in [1.82, 2.24) is 0 Å². The maximum absolute atomic E-state index is 10.7. The number of nitrogens with two attached hydrogens (primary N) is 3. The number of rotatable bonds is 5. The van der Waals surface area contributed by atoms with Crippen LogP contribution in [0.3, 0.4) is 0 Å². The first-order chi connectivity index (χ1) is 6.28. The Hall–Kier alpha value is -1.30. The van der Waals surface area contributed by atoms with E-state index in [0.717, 1.165) is 0 Å². The molecule has 0 spiro atoms. The summed E-state index contributed by atoms with van der Waals surface area (Å²) in [5.41, 5.74) is 14.6. The lowest BCUT2D eigenvalue weighted by molar-refractivity contribution is -0.144. The van der Waals surface area contributed by atoms with Crippen molar-refractivity contribution in [2.45, 2.75) is 25.8 Å². The fourth-order valence-corrected chi connectivity index (χ4v) is 0.898. The summed E-state index contributed by atoms with van der Waals surface area (Å²) in [6, 6.07) is 0. The van der Waals surface area contributed by atoms with Crippen LogP contribution in [0.2, 0.25) is 0 Å². The van der Waals surface area contributed by atoms with Crippen LogP contribution in [-0.4, -0.2) is 29.1 Å². The number of hydrogen-bond acceptors (Lipinski definition) is 3. The molecule has 0 aromatic heterocycles. The van der Waals surface area contributed by atoms with Crippen LogP contribution in [0.5, 0.6) is 0 Å². The summed E-state index contributed by atoms with van der Waals surface area (Å²) < 4.78 is 0. The summed E-state index contributed by atoms with van der Waals surface area (Å²) in [5, 5.41) is 8.81. The number of carbonyl (C=O) groups is 1. The highest BCUT2D eigenvalue weighted by molar-refractivity contribution is 5.78. The maximum Gasteiger partial charge on any atom is 0.323 e. The van der Waals surface area contributed by atoms with Gasteiger partial charge in [0.15, 0.2) is 5.96 Å². The molecule has 0 aromatic rings. The van der Waals surface area contributed by atoms with Crippen molar-refractivity contribution < 1.29 is 9.90 Å². The average molecular weight is 202 g/mol. The molecule has 6 nitrogen and oxygen atoms in total. The van der Waals surface area contributed by atoms with Crippen molar-refractivity contribution >= 4 is 11.9 Å². The van der Waals surface area contributed by atoms with Gasteiger partial charge in [0.2, 0.25) is 0 Å². The first kappa shape index (κ1) is 12.7. The molecule has 0 bridgehead atoms. The van der Waals surface area contributed by atoms with Crippen LogP contribution in [-0.2, 0) is 4.79 Å². The molecule has 0 aromatic carbocycles. The van der Waals surface area contributed by atoms with Crippen LogP contribution in [0, 0.1) is 5.92 Å². The molecule has 0 saturated heterocycles. The number of carboxylic acid groups (broad SMARTS) is 1. The van der Waals surface area contributed by atoms with Crippen molar-refractivity contribution in [3.8, 4) is 0 Å². The second-order valence-electron chi connectivity index (χ2n) is 3.58. The molecule has 2 atom stereocenters. The minimum Gasteiger partial charge on any atom is -0.480 e. The van der Waals surface area contributed by atoms with E-state index in [1.54, 1.807) is 6.92 Å². The van der Waals surface area contributed by atoms with Gasteiger partial charge in [0, 0.05) is 6.54 Å². The van der Waals surface area contributed by atoms with Crippen molar-refractivity contribution in [3.05, 3.63) is 0 Å². The zero-order valence-corrected chi connectivity index (χ0v) is 8.53. The highest BCUT2D eigenvalue weighted by Gasteiger charge is 2.33. The summed E-state index contributed by atoms with van der Waals surface area (Å²) in [6.07, 6.45) is 0.539. The SMILES string of the molecule is CC(CCN=C(N)N)[C@](C)(N)C(=O)O. The second kappa shape index (κ2) is 4.80. The highest BCUT2D eigenvalue weighted by Crippen LogP contribution is 2.17. The number of aliphatic carboxylic acids is 1. The summed E-state index contributed by atoms with van der Waals surface area (Å²) >= 11 is 0. The van der Waals surface area contributed by atoms with Crippen LogP contribution in [0.4, 0.5) is 0 Å². The highest BCUT2D eigenvalue weighted by atomic mass is 16.4. The van der Waals surface area contributed by atoms with Crippen LogP contribution < -0.4 is 17.2 Å². The van der Waals surface area contributed by atoms with E-state index in [0.29, 0.717) is 13.0 Å². The number of carboxylic acids is 1. The van der Waals surface area contributed by atoms with Gasteiger partial charge in [0.25, 0.3) is 0 Å². The summed E-state index contributed by atoms with van der Waals surface area (Å²) in [4.78, 5) is 14.5. The van der Waals surface area contributed by atoms with Gasteiger partial charge in [-0.15, -0.1) is 0 Å². The summed E-state index contributed by atoms with van der Waals surface area (Å²) in [7, 11) is 0. The van der Waals surface area contributed by atoms with E-state index in [2.05, 4.69) is 4.99 Å². The molecule has 14 heavy (non-hydrogen) atoms. The van der Waals surface area contributed by atoms with Crippen LogP contribution in [0.25, 0.3) is 0 Å². The van der Waals surface area contributed by atoms with Gasteiger partial charge in [-0.3, -0.25) is 9.79 Å². The minimum absolute atomic E-state index is 0.00579. The van der Waals surface area contributed by atoms with E-state index in [9.17, 15) is 4.79 Å². The fraction of sp³-hybridized carbons (Fsp3) is 0.750. The molecular weight excluding hydrogens is 184 g/mol. The largest absolute Gasteiger partial charge is 0.480 e. The van der Waals surface area contributed by atoms with Gasteiger partial charge in [-0.25, -0.2) is 0 Å². The smallest absolute Gasteiger partial charge is 0.323 e. The van der Waals surface area contributed by atoms with E-state index >= 15 is 0 Å². The van der Waals surface area contributed by atoms with Gasteiger partial charge in [-0.1, -0.05) is 6.92 Å². The number of hydrogen-bond donors (Lipinski definition) is 4. The Kier molecular flexibility index (Phi) is 4.36. The van der Waals surface area contributed by atoms with Crippen molar-refractivity contribution in [2.24, 2.45) is 28.1 Å². The van der Waals surface area contributed by atoms with Gasteiger partial charge in [-0.05, 0) is 19.3 Å². The molecule has 6 heteroatoms. The number of nitrogens with zero attached hydrogens (tertiary/aromatic N) is 1. The topological polar surface area (TPSA) is 128 Å². The average Bonchev–Trinajstić information content (AvgIpc) is 2.02. The fourth-order valence-electron chi connectivity index (χ4n) is 0.898. The van der Waals surface area contributed by atoms with E-state index in [4.69, 9.17) is 22.3 Å². The molecule has 1 unspecified atom stereocenters. The van der Waals surface area contributed by atoms with E-state index in [-0.39, 0.29) is 11.9 Å². The third-order valence-corrected chi connectivity index (χ3v) is 2.34. The van der Waals surface area contributed by atoms with Crippen molar-refractivity contribution in [3.63, 3.8) is 0 Å². The Bertz CT molecular complexity index is 233. The number of guanidine groups is 1. The molecular formula is C8H18N4O2. The van der Waals surface area contributed by atoms with E-state index in [1.165, 1.54) is 6.92 Å². The molecule has 7 N–H and O–H groups in total. The zero-order valence-electron chi connectivity index (χ0n) is 8.53. The predicted molar refractivity (Wildman–Crippen MR) is 54.7 cm³/mol. The molecule has 0 fully saturated rings. The Labute approximate surface area is 83.2 Å². The van der Waals surface area contributed by atoms with E-state index in [1.807, 2.05) is 0 Å². The third-order valence-electron chi connectivity index (χ3n) is 2.34. The predicted octanol–water partition coefficient (Wildman–Crippen LogP) is -0.912. The molecule has 0 radical (unpaired) electrons. The van der Waals surface area contributed by atoms with Gasteiger partial charge < -0.3 is 22.3 Å². The lowest BCUT2D eigenvalue weighted by Gasteiger charge is -2.26. The van der Waals surface area contributed by atoms with Gasteiger partial charge in [0.1, 0.15) is 5.54 Å². The van der Waals surface area contributed by atoms with Gasteiger partial charge in [0.05, 0.1) is 0 Å². The lowest BCUT2D eigenvalue weighted by atomic mass is 9.86. The first-order valence-corrected chi connectivity index (χ1v) is 4.36. The molecule has 0 saturated carbocycles. The van der Waals surface area contributed by atoms with Crippen LogP contribution in [0.1, 0.15) is 20.3 Å². The molecule has 0 amide bonds. The second-order valence-corrected chi connectivity index (χ2v) is 3.58. The molecule has 0 rings (SSSR count). The standard InChI is InChI=1S/C8H18N4O2/c1-5(3-4-12-7(9)10)8(2,11)6(13)14/h5H,3-4,11H2,1-2H3,(H,13,14)(H4,9,10,12)/t5?,8-/m0/s1. The van der Waals surface area contributed by atoms with E-state index < -0.39 is 11.5 Å². The molecule has 0 heterocycles. The number of aliphatic imine (C=N–C) groups is 1. The molecule has 82 valence electrons. The third kappa shape index (κ3) is 3.61. The normalized spacial score (nSPS) is 16.8. The Morgan fingerprint density at radius 2 is 2.07 bits per heavy atom. The zero-order chi connectivity index (χ0) is 11.4. The minimum atomic E-state index is -1.24. The summed E-state index contributed by atoms with van der Waals surface area (Å²) in [6.45, 7) is 3.63. The van der Waals surface area contributed by atoms with Gasteiger partial charge in [-0.2, -0.15) is 0 Å². The maximum atomic E-state index is 10.7. The monoisotopic (exact) mass is 202 g/mol. The molecule has 0 aliphatic carbocycles. The first-order valence-electron chi connectivity index (χ1n) is 4.36.